The van der Waals surface area contributed by atoms with Crippen LogP contribution < -0.4 is 10.7 Å². The molecule has 12 heteroatoms. The number of hydrogen-bond donors (Lipinski definition) is 1. The SMILES string of the molecule is CC[C@H](c1cccc(F)c1F)N1C(=O)N2C(=O)[C@H](Cc3cc(C)nc(N)c3)[C@H]2C(=O)N1c1cnn(C)c1. The first-order valence-corrected chi connectivity index (χ1v) is 11.8. The Morgan fingerprint density at radius 2 is 1.89 bits per heavy atom. The summed E-state index contributed by atoms with van der Waals surface area (Å²) in [6.45, 7) is 3.44. The van der Waals surface area contributed by atoms with E-state index in [1.165, 1.54) is 29.2 Å². The fourth-order valence-corrected chi connectivity index (χ4v) is 5.16. The van der Waals surface area contributed by atoms with Gasteiger partial charge in [0.05, 0.1) is 24.4 Å². The van der Waals surface area contributed by atoms with E-state index in [9.17, 15) is 23.2 Å². The molecule has 5 rings (SSSR count). The van der Waals surface area contributed by atoms with Crippen molar-refractivity contribution in [1.82, 2.24) is 24.7 Å². The molecular formula is C25H25F2N7O3. The number of hydrogen-bond acceptors (Lipinski definition) is 6. The van der Waals surface area contributed by atoms with E-state index in [4.69, 9.17) is 5.73 Å². The fraction of sp³-hybridized carbons (Fsp3) is 0.320. The molecule has 3 aromatic rings. The quantitative estimate of drug-likeness (QED) is 0.511. The molecule has 1 aromatic carbocycles. The van der Waals surface area contributed by atoms with E-state index in [2.05, 4.69) is 10.1 Å². The number of carbonyl (C=O) groups excluding carboxylic acids is 3. The van der Waals surface area contributed by atoms with Crippen LogP contribution in [0.5, 0.6) is 0 Å². The van der Waals surface area contributed by atoms with E-state index in [1.807, 2.05) is 0 Å². The maximum absolute atomic E-state index is 14.9. The van der Waals surface area contributed by atoms with Crippen molar-refractivity contribution in [2.24, 2.45) is 13.0 Å². The molecule has 2 aliphatic heterocycles. The van der Waals surface area contributed by atoms with Gasteiger partial charge in [-0.15, -0.1) is 0 Å². The summed E-state index contributed by atoms with van der Waals surface area (Å²) < 4.78 is 30.4. The van der Waals surface area contributed by atoms with Gasteiger partial charge < -0.3 is 5.73 Å². The van der Waals surface area contributed by atoms with Crippen LogP contribution in [0.15, 0.2) is 42.7 Å². The summed E-state index contributed by atoms with van der Waals surface area (Å²) in [7, 11) is 1.64. The van der Waals surface area contributed by atoms with Crippen LogP contribution >= 0.6 is 0 Å². The van der Waals surface area contributed by atoms with Crippen LogP contribution in [-0.4, -0.2) is 48.6 Å². The highest BCUT2D eigenvalue weighted by atomic mass is 19.2. The Labute approximate surface area is 211 Å². The van der Waals surface area contributed by atoms with Gasteiger partial charge >= 0.3 is 6.03 Å². The van der Waals surface area contributed by atoms with Gasteiger partial charge in [-0.25, -0.2) is 33.5 Å². The van der Waals surface area contributed by atoms with Crippen molar-refractivity contribution in [3.05, 3.63) is 71.2 Å². The highest BCUT2D eigenvalue weighted by molar-refractivity contribution is 6.16. The molecule has 2 aromatic heterocycles. The lowest BCUT2D eigenvalue weighted by molar-refractivity contribution is -0.162. The number of β-lactam (4-membered cyclic amide) rings is 1. The topological polar surface area (TPSA) is 118 Å². The first-order chi connectivity index (χ1) is 17.6. The second kappa shape index (κ2) is 8.95. The van der Waals surface area contributed by atoms with Crippen LogP contribution in [0, 0.1) is 24.5 Å². The van der Waals surface area contributed by atoms with Crippen molar-refractivity contribution in [3.63, 3.8) is 0 Å². The minimum atomic E-state index is -1.12. The summed E-state index contributed by atoms with van der Waals surface area (Å²) in [6, 6.07) is 4.13. The number of nitrogens with zero attached hydrogens (tertiary/aromatic N) is 6. The second-order valence-corrected chi connectivity index (χ2v) is 9.22. The average molecular weight is 510 g/mol. The Morgan fingerprint density at radius 3 is 2.54 bits per heavy atom. The van der Waals surface area contributed by atoms with Crippen LogP contribution in [0.2, 0.25) is 0 Å². The zero-order valence-electron chi connectivity index (χ0n) is 20.4. The molecule has 0 radical (unpaired) electrons. The van der Waals surface area contributed by atoms with Crippen LogP contribution in [0.3, 0.4) is 0 Å². The molecule has 0 aliphatic carbocycles. The van der Waals surface area contributed by atoms with Gasteiger partial charge in [-0.2, -0.15) is 5.10 Å². The van der Waals surface area contributed by atoms with Gasteiger partial charge in [-0.1, -0.05) is 19.1 Å². The van der Waals surface area contributed by atoms with E-state index in [1.54, 1.807) is 33.0 Å². The highest BCUT2D eigenvalue weighted by Crippen LogP contribution is 2.42. The van der Waals surface area contributed by atoms with Gasteiger partial charge in [0, 0.05) is 18.3 Å². The number of halogens is 2. The average Bonchev–Trinajstić information content (AvgIpc) is 3.27. The number of rotatable bonds is 6. The lowest BCUT2D eigenvalue weighted by Crippen LogP contribution is -2.78. The molecule has 0 unspecified atom stereocenters. The molecular weight excluding hydrogens is 484 g/mol. The number of carbonyl (C=O) groups is 3. The van der Waals surface area contributed by atoms with Crippen molar-refractivity contribution in [2.45, 2.75) is 38.8 Å². The predicted octanol–water partition coefficient (Wildman–Crippen LogP) is 2.89. The van der Waals surface area contributed by atoms with E-state index in [0.29, 0.717) is 11.3 Å². The van der Waals surface area contributed by atoms with E-state index >= 15 is 0 Å². The number of nitrogens with two attached hydrogens (primary N) is 1. The summed E-state index contributed by atoms with van der Waals surface area (Å²) >= 11 is 0. The summed E-state index contributed by atoms with van der Waals surface area (Å²) in [5, 5.41) is 6.26. The molecule has 37 heavy (non-hydrogen) atoms. The van der Waals surface area contributed by atoms with Gasteiger partial charge in [-0.3, -0.25) is 14.3 Å². The zero-order valence-corrected chi connectivity index (χ0v) is 20.4. The van der Waals surface area contributed by atoms with E-state index in [-0.39, 0.29) is 29.9 Å². The number of benzene rings is 1. The van der Waals surface area contributed by atoms with Crippen LogP contribution in [-0.2, 0) is 23.1 Å². The Kier molecular flexibility index (Phi) is 5.89. The van der Waals surface area contributed by atoms with Gasteiger partial charge in [0.2, 0.25) is 5.91 Å². The molecule has 0 spiro atoms. The number of pyridine rings is 1. The molecule has 10 nitrogen and oxygen atoms in total. The van der Waals surface area contributed by atoms with Gasteiger partial charge in [0.15, 0.2) is 11.6 Å². The molecule has 2 N–H and O–H groups in total. The molecule has 0 bridgehead atoms. The smallest absolute Gasteiger partial charge is 0.347 e. The van der Waals surface area contributed by atoms with Crippen molar-refractivity contribution in [3.8, 4) is 0 Å². The Bertz CT molecular complexity index is 1400. The predicted molar refractivity (Wildman–Crippen MR) is 129 cm³/mol. The van der Waals surface area contributed by atoms with Gasteiger partial charge in [-0.05, 0) is 43.5 Å². The fourth-order valence-electron chi connectivity index (χ4n) is 5.16. The first-order valence-electron chi connectivity index (χ1n) is 11.8. The number of aromatic nitrogens is 3. The van der Waals surface area contributed by atoms with Gasteiger partial charge in [0.25, 0.3) is 5.91 Å². The monoisotopic (exact) mass is 509 g/mol. The summed E-state index contributed by atoms with van der Waals surface area (Å²) in [4.78, 5) is 45.9. The third-order valence-corrected chi connectivity index (χ3v) is 6.74. The maximum atomic E-state index is 14.9. The second-order valence-electron chi connectivity index (χ2n) is 9.22. The molecule has 4 amide bonds. The molecule has 2 aliphatic rings. The summed E-state index contributed by atoms with van der Waals surface area (Å²) in [5.74, 6) is -3.79. The third-order valence-electron chi connectivity index (χ3n) is 6.74. The number of hydrazine groups is 1. The number of amides is 4. The summed E-state index contributed by atoms with van der Waals surface area (Å²) in [6.07, 6.45) is 3.25. The summed E-state index contributed by atoms with van der Waals surface area (Å²) in [5.41, 5.74) is 7.38. The van der Waals surface area contributed by atoms with Crippen molar-refractivity contribution in [2.75, 3.05) is 10.7 Å². The largest absolute Gasteiger partial charge is 0.384 e. The van der Waals surface area contributed by atoms with Crippen molar-refractivity contribution >= 4 is 29.4 Å². The Hall–Kier alpha value is -4.35. The highest BCUT2D eigenvalue weighted by Gasteiger charge is 2.62. The Morgan fingerprint density at radius 1 is 1.14 bits per heavy atom. The number of nitrogen functional groups attached to an aromatic ring is 1. The van der Waals surface area contributed by atoms with Crippen LogP contribution in [0.25, 0.3) is 0 Å². The number of fused-ring (bicyclic) bond motifs is 1. The minimum absolute atomic E-state index is 0.108. The number of imide groups is 1. The van der Waals surface area contributed by atoms with E-state index < -0.39 is 47.5 Å². The molecule has 192 valence electrons. The normalized spacial score (nSPS) is 20.2. The molecule has 2 saturated heterocycles. The molecule has 4 heterocycles. The van der Waals surface area contributed by atoms with Crippen LogP contribution in [0.1, 0.15) is 36.2 Å². The van der Waals surface area contributed by atoms with E-state index in [0.717, 1.165) is 21.0 Å². The minimum Gasteiger partial charge on any atom is -0.384 e. The number of urea groups is 1. The first kappa shape index (κ1) is 24.3. The lowest BCUT2D eigenvalue weighted by Gasteiger charge is -2.55. The lowest BCUT2D eigenvalue weighted by atomic mass is 9.81. The molecule has 0 saturated carbocycles. The molecule has 2 fully saturated rings. The number of aryl methyl sites for hydroxylation is 2. The van der Waals surface area contributed by atoms with Crippen LogP contribution in [0.4, 0.5) is 25.1 Å². The van der Waals surface area contributed by atoms with Gasteiger partial charge in [0.1, 0.15) is 17.5 Å². The van der Waals surface area contributed by atoms with Crippen molar-refractivity contribution < 1.29 is 23.2 Å². The Balaban J connectivity index is 1.57. The third kappa shape index (κ3) is 3.88. The van der Waals surface area contributed by atoms with Crippen molar-refractivity contribution in [1.29, 1.82) is 0 Å². The maximum Gasteiger partial charge on any atom is 0.347 e. The molecule has 3 atom stereocenters. The zero-order chi connectivity index (χ0) is 26.6. The standard InChI is InChI=1S/C25H25F2N7O3/c1-4-19(16-6-5-7-18(26)21(16)27)34-25(37)32-22(24(36)33(34)15-11-29-31(3)12-15)17(23(32)35)9-14-8-13(2)30-20(28)10-14/h5-8,10-12,17,19,22H,4,9H2,1-3H3,(H2,28,30)/t17-,19-,22+/m1/s1. The number of anilines is 2.